The van der Waals surface area contributed by atoms with Gasteiger partial charge in [0.1, 0.15) is 12.2 Å². The lowest BCUT2D eigenvalue weighted by Gasteiger charge is -2.21. The third kappa shape index (κ3) is 35.9. The summed E-state index contributed by atoms with van der Waals surface area (Å²) >= 11 is 0. The average molecular weight is 738 g/mol. The van der Waals surface area contributed by atoms with Crippen LogP contribution in [0.5, 0.6) is 0 Å². The first-order chi connectivity index (χ1) is 25.5. The molecule has 0 fully saturated rings. The van der Waals surface area contributed by atoms with Crippen LogP contribution in [0.1, 0.15) is 246 Å². The van der Waals surface area contributed by atoms with Gasteiger partial charge in [-0.3, -0.25) is 9.59 Å². The minimum Gasteiger partial charge on any atom is -0.462 e. The second-order valence-electron chi connectivity index (χ2n) is 15.9. The van der Waals surface area contributed by atoms with Crippen LogP contribution in [-0.4, -0.2) is 60.4 Å². The van der Waals surface area contributed by atoms with Crippen molar-refractivity contribution < 1.29 is 24.2 Å². The molecule has 0 radical (unpaired) electrons. The number of ether oxygens (including phenoxy) is 2. The summed E-state index contributed by atoms with van der Waals surface area (Å²) in [5.41, 5.74) is 0. The van der Waals surface area contributed by atoms with Crippen LogP contribution in [-0.2, 0) is 19.1 Å². The molecule has 0 bridgehead atoms. The van der Waals surface area contributed by atoms with E-state index in [1.807, 2.05) is 0 Å². The van der Waals surface area contributed by atoms with E-state index < -0.39 is 0 Å². The summed E-state index contributed by atoms with van der Waals surface area (Å²) in [6.07, 6.45) is 39.3. The van der Waals surface area contributed by atoms with Gasteiger partial charge in [0, 0.05) is 19.4 Å². The summed E-state index contributed by atoms with van der Waals surface area (Å²) in [7, 11) is 0. The van der Waals surface area contributed by atoms with E-state index in [-0.39, 0.29) is 30.8 Å². The maximum absolute atomic E-state index is 12.7. The molecule has 0 saturated heterocycles. The molecule has 0 aliphatic carbocycles. The Kier molecular flexibility index (Phi) is 40.1. The molecule has 0 spiro atoms. The van der Waals surface area contributed by atoms with Crippen LogP contribution < -0.4 is 0 Å². The van der Waals surface area contributed by atoms with E-state index in [0.29, 0.717) is 12.8 Å². The topological polar surface area (TPSA) is 76.1 Å². The molecule has 1 atom stereocenters. The van der Waals surface area contributed by atoms with Crippen LogP contribution in [0.2, 0.25) is 0 Å². The van der Waals surface area contributed by atoms with Crippen molar-refractivity contribution in [3.05, 3.63) is 0 Å². The lowest BCUT2D eigenvalue weighted by atomic mass is 10.0. The standard InChI is InChI=1S/C46H91NO5/c1-5-9-12-15-20-27-34-43(8-4)51-45(49)37-30-23-18-25-32-39-47(41-42-48)40-33-26-19-24-31-38-46(50)52-44(35-28-21-16-13-10-6-2)36-29-22-17-14-11-7-3/h43-44,48H,5-42H2,1-4H3. The smallest absolute Gasteiger partial charge is 0.306 e. The molecule has 0 aromatic rings. The fraction of sp³-hybridized carbons (Fsp3) is 0.957. The second kappa shape index (κ2) is 41.0. The zero-order valence-electron chi connectivity index (χ0n) is 35.6. The van der Waals surface area contributed by atoms with Crippen molar-refractivity contribution in [3.63, 3.8) is 0 Å². The van der Waals surface area contributed by atoms with Crippen molar-refractivity contribution in [3.8, 4) is 0 Å². The van der Waals surface area contributed by atoms with Gasteiger partial charge < -0.3 is 19.5 Å². The third-order valence-electron chi connectivity index (χ3n) is 10.8. The Balaban J connectivity index is 4.04. The predicted molar refractivity (Wildman–Crippen MR) is 223 cm³/mol. The van der Waals surface area contributed by atoms with Gasteiger partial charge in [-0.1, -0.05) is 163 Å². The molecule has 0 rings (SSSR count). The minimum atomic E-state index is -0.0156. The van der Waals surface area contributed by atoms with Crippen LogP contribution in [0.25, 0.3) is 0 Å². The van der Waals surface area contributed by atoms with Gasteiger partial charge >= 0.3 is 11.9 Å². The molecule has 1 unspecified atom stereocenters. The van der Waals surface area contributed by atoms with Crippen LogP contribution in [0.15, 0.2) is 0 Å². The Bertz CT molecular complexity index is 730. The lowest BCUT2D eigenvalue weighted by molar-refractivity contribution is -0.150. The van der Waals surface area contributed by atoms with E-state index in [1.165, 1.54) is 128 Å². The van der Waals surface area contributed by atoms with Crippen LogP contribution in [0.4, 0.5) is 0 Å². The largest absolute Gasteiger partial charge is 0.462 e. The number of hydrogen-bond acceptors (Lipinski definition) is 6. The molecule has 0 heterocycles. The van der Waals surface area contributed by atoms with Crippen molar-refractivity contribution in [2.45, 2.75) is 258 Å². The van der Waals surface area contributed by atoms with E-state index in [0.717, 1.165) is 96.7 Å². The van der Waals surface area contributed by atoms with Crippen LogP contribution in [0.3, 0.4) is 0 Å². The van der Waals surface area contributed by atoms with Gasteiger partial charge in [0.05, 0.1) is 6.61 Å². The SMILES string of the molecule is CCCCCCCCC(CC)OC(=O)CCCCCCCN(CCO)CCCCCCCC(=O)OC(CCCCCCCC)CCCCCCCC. The van der Waals surface area contributed by atoms with Crippen LogP contribution >= 0.6 is 0 Å². The summed E-state index contributed by atoms with van der Waals surface area (Å²) < 4.78 is 11.8. The molecule has 0 aliphatic heterocycles. The number of aliphatic hydroxyl groups excluding tert-OH is 1. The molecular formula is C46H91NO5. The maximum atomic E-state index is 12.7. The molecule has 1 N–H and O–H groups in total. The van der Waals surface area contributed by atoms with Gasteiger partial charge in [-0.15, -0.1) is 0 Å². The van der Waals surface area contributed by atoms with Gasteiger partial charge in [-0.2, -0.15) is 0 Å². The highest BCUT2D eigenvalue weighted by atomic mass is 16.5. The van der Waals surface area contributed by atoms with Crippen molar-refractivity contribution in [1.82, 2.24) is 4.90 Å². The molecule has 6 heteroatoms. The Labute approximate surface area is 324 Å². The fourth-order valence-corrected chi connectivity index (χ4v) is 7.30. The molecule has 0 aromatic carbocycles. The number of rotatable bonds is 42. The maximum Gasteiger partial charge on any atom is 0.306 e. The van der Waals surface area contributed by atoms with Crippen molar-refractivity contribution in [1.29, 1.82) is 0 Å². The molecule has 310 valence electrons. The Morgan fingerprint density at radius 1 is 0.423 bits per heavy atom. The molecular weight excluding hydrogens is 647 g/mol. The summed E-state index contributed by atoms with van der Waals surface area (Å²) in [5, 5.41) is 9.57. The van der Waals surface area contributed by atoms with E-state index in [4.69, 9.17) is 9.47 Å². The highest BCUT2D eigenvalue weighted by Crippen LogP contribution is 2.19. The van der Waals surface area contributed by atoms with E-state index >= 15 is 0 Å². The summed E-state index contributed by atoms with van der Waals surface area (Å²) in [6, 6.07) is 0. The van der Waals surface area contributed by atoms with Gasteiger partial charge in [-0.05, 0) is 83.7 Å². The Hall–Kier alpha value is -1.14. The van der Waals surface area contributed by atoms with Crippen molar-refractivity contribution in [2.75, 3.05) is 26.2 Å². The molecule has 0 aromatic heterocycles. The molecule has 0 aliphatic rings. The zero-order valence-corrected chi connectivity index (χ0v) is 35.6. The van der Waals surface area contributed by atoms with E-state index in [1.54, 1.807) is 0 Å². The number of carbonyl (C=O) groups is 2. The average Bonchev–Trinajstić information content (AvgIpc) is 3.14. The third-order valence-corrected chi connectivity index (χ3v) is 10.8. The predicted octanol–water partition coefficient (Wildman–Crippen LogP) is 13.4. The number of aliphatic hydroxyl groups is 1. The van der Waals surface area contributed by atoms with Gasteiger partial charge in [0.25, 0.3) is 0 Å². The molecule has 0 saturated carbocycles. The highest BCUT2D eigenvalue weighted by Gasteiger charge is 2.15. The van der Waals surface area contributed by atoms with Gasteiger partial charge in [0.2, 0.25) is 0 Å². The highest BCUT2D eigenvalue weighted by molar-refractivity contribution is 5.69. The molecule has 6 nitrogen and oxygen atoms in total. The van der Waals surface area contributed by atoms with Gasteiger partial charge in [-0.25, -0.2) is 0 Å². The first-order valence-corrected chi connectivity index (χ1v) is 23.2. The lowest BCUT2D eigenvalue weighted by Crippen LogP contribution is -2.29. The van der Waals surface area contributed by atoms with E-state index in [9.17, 15) is 14.7 Å². The number of unbranched alkanes of at least 4 members (excludes halogenated alkanes) is 23. The first kappa shape index (κ1) is 50.9. The summed E-state index contributed by atoms with van der Waals surface area (Å²) in [5.74, 6) is -0.00177. The van der Waals surface area contributed by atoms with E-state index in [2.05, 4.69) is 32.6 Å². The first-order valence-electron chi connectivity index (χ1n) is 23.2. The van der Waals surface area contributed by atoms with Crippen molar-refractivity contribution in [2.24, 2.45) is 0 Å². The normalized spacial score (nSPS) is 12.2. The summed E-state index contributed by atoms with van der Waals surface area (Å²) in [4.78, 5) is 27.4. The number of carbonyl (C=O) groups excluding carboxylic acids is 2. The number of nitrogens with zero attached hydrogens (tertiary/aromatic N) is 1. The Morgan fingerprint density at radius 3 is 1.13 bits per heavy atom. The monoisotopic (exact) mass is 738 g/mol. The quantitative estimate of drug-likeness (QED) is 0.0496. The van der Waals surface area contributed by atoms with Gasteiger partial charge in [0.15, 0.2) is 0 Å². The minimum absolute atomic E-state index is 0.0138. The number of esters is 2. The van der Waals surface area contributed by atoms with Crippen LogP contribution in [0, 0.1) is 0 Å². The summed E-state index contributed by atoms with van der Waals surface area (Å²) in [6.45, 7) is 11.9. The second-order valence-corrected chi connectivity index (χ2v) is 15.9. The molecule has 0 amide bonds. The Morgan fingerprint density at radius 2 is 0.750 bits per heavy atom. The van der Waals surface area contributed by atoms with Crippen molar-refractivity contribution >= 4 is 11.9 Å². The fourth-order valence-electron chi connectivity index (χ4n) is 7.30. The number of hydrogen-bond donors (Lipinski definition) is 1. The molecule has 52 heavy (non-hydrogen) atoms. The zero-order chi connectivity index (χ0) is 38.2.